The molecule has 0 spiro atoms. The third-order valence-electron chi connectivity index (χ3n) is 4.96. The van der Waals surface area contributed by atoms with Gasteiger partial charge in [0.1, 0.15) is 5.69 Å². The molecule has 7 heteroatoms. The fourth-order valence-electron chi connectivity index (χ4n) is 3.17. The summed E-state index contributed by atoms with van der Waals surface area (Å²) in [6, 6.07) is 0.153. The first-order valence-corrected chi connectivity index (χ1v) is 10.6. The number of nitrogens with one attached hydrogen (secondary N) is 2. The summed E-state index contributed by atoms with van der Waals surface area (Å²) >= 11 is 0. The molecule has 158 valence electrons. The largest absolute Gasteiger partial charge is 0.354 e. The minimum absolute atomic E-state index is 0.00780. The lowest BCUT2D eigenvalue weighted by atomic mass is 10.1. The van der Waals surface area contributed by atoms with Crippen molar-refractivity contribution >= 4 is 11.8 Å². The van der Waals surface area contributed by atoms with Crippen LogP contribution in [0.15, 0.2) is 12.4 Å². The third-order valence-corrected chi connectivity index (χ3v) is 4.96. The SMILES string of the molecule is CCCN(CCC(=O)N[C@H](C)CCC[NH+](CC)CC)C(=O)c1cnc(C)cn1. The molecule has 0 fully saturated rings. The maximum Gasteiger partial charge on any atom is 0.274 e. The number of quaternary nitrogens is 1. The van der Waals surface area contributed by atoms with E-state index in [1.54, 1.807) is 16.0 Å². The van der Waals surface area contributed by atoms with Crippen LogP contribution in [0.2, 0.25) is 0 Å². The fraction of sp³-hybridized carbons (Fsp3) is 0.714. The van der Waals surface area contributed by atoms with Crippen molar-refractivity contribution in [2.24, 2.45) is 0 Å². The van der Waals surface area contributed by atoms with Crippen molar-refractivity contribution in [3.05, 3.63) is 23.8 Å². The van der Waals surface area contributed by atoms with Crippen LogP contribution in [0, 0.1) is 6.92 Å². The van der Waals surface area contributed by atoms with Gasteiger partial charge in [-0.2, -0.15) is 0 Å². The number of amides is 2. The molecule has 1 atom stereocenters. The number of aryl methyl sites for hydroxylation is 1. The number of rotatable bonds is 13. The fourth-order valence-corrected chi connectivity index (χ4v) is 3.17. The van der Waals surface area contributed by atoms with Gasteiger partial charge in [-0.25, -0.2) is 4.98 Å². The molecule has 0 saturated carbocycles. The topological polar surface area (TPSA) is 79.6 Å². The van der Waals surface area contributed by atoms with Crippen LogP contribution in [0.25, 0.3) is 0 Å². The monoisotopic (exact) mass is 392 g/mol. The Labute approximate surface area is 169 Å². The number of nitrogens with zero attached hydrogens (tertiary/aromatic N) is 3. The quantitative estimate of drug-likeness (QED) is 0.529. The van der Waals surface area contributed by atoms with Crippen LogP contribution < -0.4 is 10.2 Å². The Bertz CT molecular complexity index is 587. The highest BCUT2D eigenvalue weighted by atomic mass is 16.2. The molecule has 0 radical (unpaired) electrons. The van der Waals surface area contributed by atoms with Crippen LogP contribution in [0.5, 0.6) is 0 Å². The van der Waals surface area contributed by atoms with E-state index in [0.29, 0.717) is 25.2 Å². The van der Waals surface area contributed by atoms with Crippen molar-refractivity contribution < 1.29 is 14.5 Å². The van der Waals surface area contributed by atoms with E-state index < -0.39 is 0 Å². The highest BCUT2D eigenvalue weighted by Gasteiger charge is 2.18. The molecular formula is C21H38N5O2+. The van der Waals surface area contributed by atoms with Crippen LogP contribution in [-0.4, -0.2) is 65.4 Å². The maximum absolute atomic E-state index is 12.6. The predicted molar refractivity (Wildman–Crippen MR) is 111 cm³/mol. The summed E-state index contributed by atoms with van der Waals surface area (Å²) in [4.78, 5) is 36.5. The van der Waals surface area contributed by atoms with E-state index >= 15 is 0 Å². The summed E-state index contributed by atoms with van der Waals surface area (Å²) < 4.78 is 0. The van der Waals surface area contributed by atoms with E-state index in [9.17, 15) is 9.59 Å². The normalized spacial score (nSPS) is 12.1. The molecule has 0 saturated heterocycles. The number of hydrogen-bond donors (Lipinski definition) is 2. The zero-order valence-electron chi connectivity index (χ0n) is 18.3. The Balaban J connectivity index is 2.44. The van der Waals surface area contributed by atoms with E-state index in [4.69, 9.17) is 0 Å². The van der Waals surface area contributed by atoms with Gasteiger partial charge in [0, 0.05) is 31.7 Å². The van der Waals surface area contributed by atoms with Gasteiger partial charge in [0.25, 0.3) is 5.91 Å². The maximum atomic E-state index is 12.6. The molecule has 2 amide bonds. The van der Waals surface area contributed by atoms with Crippen LogP contribution in [0.3, 0.4) is 0 Å². The Morgan fingerprint density at radius 1 is 1.14 bits per heavy atom. The number of aromatic nitrogens is 2. The molecule has 0 aliphatic rings. The minimum atomic E-state index is -0.169. The molecule has 1 aromatic heterocycles. The summed E-state index contributed by atoms with van der Waals surface area (Å²) in [7, 11) is 0. The number of hydrogen-bond acceptors (Lipinski definition) is 4. The van der Waals surface area contributed by atoms with Crippen molar-refractivity contribution in [2.75, 3.05) is 32.7 Å². The van der Waals surface area contributed by atoms with Crippen molar-refractivity contribution in [1.82, 2.24) is 20.2 Å². The molecule has 28 heavy (non-hydrogen) atoms. The number of carbonyl (C=O) groups excluding carboxylic acids is 2. The first-order valence-electron chi connectivity index (χ1n) is 10.6. The van der Waals surface area contributed by atoms with Crippen molar-refractivity contribution in [2.45, 2.75) is 66.3 Å². The highest BCUT2D eigenvalue weighted by Crippen LogP contribution is 2.04. The third kappa shape index (κ3) is 8.78. The van der Waals surface area contributed by atoms with E-state index in [2.05, 4.69) is 29.1 Å². The van der Waals surface area contributed by atoms with Gasteiger partial charge in [0.15, 0.2) is 0 Å². The molecule has 7 nitrogen and oxygen atoms in total. The van der Waals surface area contributed by atoms with E-state index in [1.807, 2.05) is 20.8 Å². The average Bonchev–Trinajstić information content (AvgIpc) is 2.68. The summed E-state index contributed by atoms with van der Waals surface area (Å²) in [5.74, 6) is -0.177. The second kappa shape index (κ2) is 13.2. The lowest BCUT2D eigenvalue weighted by Crippen LogP contribution is -3.11. The summed E-state index contributed by atoms with van der Waals surface area (Å²) in [5, 5.41) is 3.06. The van der Waals surface area contributed by atoms with Crippen LogP contribution in [0.4, 0.5) is 0 Å². The average molecular weight is 393 g/mol. The Hall–Kier alpha value is -2.02. The van der Waals surface area contributed by atoms with Crippen LogP contribution >= 0.6 is 0 Å². The lowest BCUT2D eigenvalue weighted by Gasteiger charge is -2.22. The van der Waals surface area contributed by atoms with Gasteiger partial charge in [-0.3, -0.25) is 14.6 Å². The molecule has 1 rings (SSSR count). The van der Waals surface area contributed by atoms with E-state index in [-0.39, 0.29) is 17.9 Å². The minimum Gasteiger partial charge on any atom is -0.354 e. The van der Waals surface area contributed by atoms with Crippen molar-refractivity contribution in [1.29, 1.82) is 0 Å². The Morgan fingerprint density at radius 3 is 2.43 bits per heavy atom. The van der Waals surface area contributed by atoms with Gasteiger partial charge >= 0.3 is 0 Å². The second-order valence-electron chi connectivity index (χ2n) is 7.40. The molecule has 0 bridgehead atoms. The van der Waals surface area contributed by atoms with Gasteiger partial charge in [0.2, 0.25) is 5.91 Å². The Kier molecular flexibility index (Phi) is 11.3. The molecule has 1 heterocycles. The van der Waals surface area contributed by atoms with Crippen LogP contribution in [0.1, 0.15) is 69.6 Å². The highest BCUT2D eigenvalue weighted by molar-refractivity contribution is 5.92. The summed E-state index contributed by atoms with van der Waals surface area (Å²) in [5.41, 5.74) is 1.10. The van der Waals surface area contributed by atoms with Gasteiger partial charge in [-0.15, -0.1) is 0 Å². The molecular weight excluding hydrogens is 354 g/mol. The molecule has 0 aliphatic heterocycles. The van der Waals surface area contributed by atoms with Gasteiger partial charge in [-0.05, 0) is 47.0 Å². The predicted octanol–water partition coefficient (Wildman–Crippen LogP) is 1.24. The van der Waals surface area contributed by atoms with Crippen molar-refractivity contribution in [3.63, 3.8) is 0 Å². The smallest absolute Gasteiger partial charge is 0.274 e. The second-order valence-corrected chi connectivity index (χ2v) is 7.40. The van der Waals surface area contributed by atoms with E-state index in [1.165, 1.54) is 6.20 Å². The molecule has 0 aliphatic carbocycles. The summed E-state index contributed by atoms with van der Waals surface area (Å²) in [6.07, 6.45) is 6.30. The zero-order chi connectivity index (χ0) is 20.9. The molecule has 1 aromatic rings. The van der Waals surface area contributed by atoms with Gasteiger partial charge in [0.05, 0.1) is 31.5 Å². The Morgan fingerprint density at radius 2 is 1.86 bits per heavy atom. The molecule has 2 N–H and O–H groups in total. The summed E-state index contributed by atoms with van der Waals surface area (Å²) in [6.45, 7) is 14.7. The van der Waals surface area contributed by atoms with Crippen molar-refractivity contribution in [3.8, 4) is 0 Å². The zero-order valence-corrected chi connectivity index (χ0v) is 18.3. The van der Waals surface area contributed by atoms with Gasteiger partial charge in [-0.1, -0.05) is 6.92 Å². The molecule has 0 aromatic carbocycles. The molecule has 0 unspecified atom stereocenters. The van der Waals surface area contributed by atoms with E-state index in [0.717, 1.165) is 44.6 Å². The van der Waals surface area contributed by atoms with Gasteiger partial charge < -0.3 is 15.1 Å². The van der Waals surface area contributed by atoms with Crippen LogP contribution in [-0.2, 0) is 4.79 Å². The lowest BCUT2D eigenvalue weighted by molar-refractivity contribution is -0.896. The first-order chi connectivity index (χ1) is 13.4. The first kappa shape index (κ1) is 24.0. The number of carbonyl (C=O) groups is 2. The standard InChI is InChI=1S/C21H37N5O2/c1-6-12-26(21(28)19-16-22-18(5)15-23-19)14-11-20(27)24-17(4)10-9-13-25(7-2)8-3/h15-17H,6-14H2,1-5H3,(H,24,27)/p+1/t17-/m1/s1.